The van der Waals surface area contributed by atoms with Gasteiger partial charge in [0.1, 0.15) is 37.4 Å². The molecule has 1 N–H and O–H groups in total. The van der Waals surface area contributed by atoms with Gasteiger partial charge in [-0.3, -0.25) is 9.59 Å². The first-order valence-electron chi connectivity index (χ1n) is 15.0. The van der Waals surface area contributed by atoms with Gasteiger partial charge < -0.3 is 69.2 Å². The van der Waals surface area contributed by atoms with E-state index in [0.717, 1.165) is 16.0 Å². The molecule has 1 heterocycles. The van der Waals surface area contributed by atoms with Crippen LogP contribution < -0.4 is 59.7 Å². The van der Waals surface area contributed by atoms with E-state index < -0.39 is 41.8 Å². The van der Waals surface area contributed by atoms with Crippen LogP contribution in [0.25, 0.3) is 0 Å². The molecule has 1 aliphatic rings. The van der Waals surface area contributed by atoms with Gasteiger partial charge in [0.2, 0.25) is 5.91 Å². The number of imide groups is 1. The van der Waals surface area contributed by atoms with E-state index in [1.807, 2.05) is 72.8 Å². The average Bonchev–Trinajstić information content (AvgIpc) is 3.49. The monoisotopic (exact) mass is 810 g/mol. The standard InChI is InChI=1S/C37H35FN2O6.4ClH.Ti/c1-2-23-44-31-19-13-28(14-20-31)35(39-30-17-15-29(38)16-18-30)32(21-22-34(41)45-24-26-9-5-3-6-10-26)36(42)40-33(25-46-37(40)43)27-11-7-4-8-12-27;;;;;/h2-20,32-33,35,39H,1,21-25H2;4*1H;/q;;;;;+4/p-4. The molecule has 3 atom stereocenters. The van der Waals surface area contributed by atoms with Crippen molar-refractivity contribution in [2.75, 3.05) is 18.5 Å². The maximum Gasteiger partial charge on any atom is 4.00 e. The second-order valence-corrected chi connectivity index (χ2v) is 10.8. The number of cyclic esters (lactones) is 1. The molecule has 14 heteroatoms. The van der Waals surface area contributed by atoms with Crippen LogP contribution >= 0.6 is 0 Å². The maximum absolute atomic E-state index is 14.5. The molecule has 0 saturated carbocycles. The van der Waals surface area contributed by atoms with Gasteiger partial charge in [0.15, 0.2) is 0 Å². The number of benzene rings is 4. The predicted molar refractivity (Wildman–Crippen MR) is 171 cm³/mol. The van der Waals surface area contributed by atoms with Gasteiger partial charge in [0.25, 0.3) is 0 Å². The minimum absolute atomic E-state index is 0. The predicted octanol–water partition coefficient (Wildman–Crippen LogP) is -4.58. The fraction of sp³-hybridized carbons (Fsp3) is 0.216. The summed E-state index contributed by atoms with van der Waals surface area (Å²) in [6, 6.07) is 30.0. The molecular weight excluding hydrogens is 777 g/mol. The Labute approximate surface area is 337 Å². The maximum atomic E-state index is 14.5. The van der Waals surface area contributed by atoms with Crippen LogP contribution in [0.1, 0.15) is 41.6 Å². The number of rotatable bonds is 14. The van der Waals surface area contributed by atoms with E-state index in [0.29, 0.717) is 23.6 Å². The van der Waals surface area contributed by atoms with Crippen molar-refractivity contribution in [1.29, 1.82) is 0 Å². The first-order chi connectivity index (χ1) is 22.4. The Bertz CT molecular complexity index is 1640. The van der Waals surface area contributed by atoms with Crippen molar-refractivity contribution < 1.29 is 104 Å². The third-order valence-corrected chi connectivity index (χ3v) is 7.69. The van der Waals surface area contributed by atoms with Crippen molar-refractivity contribution in [2.24, 2.45) is 5.92 Å². The molecule has 5 rings (SSSR count). The van der Waals surface area contributed by atoms with E-state index >= 15 is 0 Å². The average molecular weight is 812 g/mol. The van der Waals surface area contributed by atoms with Crippen LogP contribution in [0.3, 0.4) is 0 Å². The summed E-state index contributed by atoms with van der Waals surface area (Å²) in [4.78, 5) is 41.8. The topological polar surface area (TPSA) is 94.2 Å². The Kier molecular flexibility index (Phi) is 22.2. The summed E-state index contributed by atoms with van der Waals surface area (Å²) in [5.41, 5.74) is 2.82. The van der Waals surface area contributed by atoms with E-state index in [9.17, 15) is 18.8 Å². The van der Waals surface area contributed by atoms with Crippen molar-refractivity contribution in [3.05, 3.63) is 144 Å². The Morgan fingerprint density at radius 1 is 0.902 bits per heavy atom. The molecule has 0 aromatic heterocycles. The molecular formula is C37H35Cl4FN2O6Ti. The molecule has 0 radical (unpaired) electrons. The number of carbonyl (C=O) groups is 3. The molecule has 4 aromatic rings. The van der Waals surface area contributed by atoms with Crippen LogP contribution in [0.4, 0.5) is 14.9 Å². The first-order valence-corrected chi connectivity index (χ1v) is 15.0. The number of nitrogens with zero attached hydrogens (tertiary/aromatic N) is 1. The second kappa shape index (κ2) is 23.8. The summed E-state index contributed by atoms with van der Waals surface area (Å²) in [5, 5.41) is 3.37. The molecule has 8 nitrogen and oxygen atoms in total. The fourth-order valence-electron chi connectivity index (χ4n) is 5.35. The number of amides is 2. The Hall–Kier alpha value is -3.57. The van der Waals surface area contributed by atoms with Gasteiger partial charge in [-0.15, -0.1) is 0 Å². The minimum atomic E-state index is -0.939. The van der Waals surface area contributed by atoms with Crippen molar-refractivity contribution in [3.8, 4) is 5.75 Å². The van der Waals surface area contributed by atoms with Gasteiger partial charge in [0, 0.05) is 12.1 Å². The van der Waals surface area contributed by atoms with E-state index in [1.54, 1.807) is 30.3 Å². The van der Waals surface area contributed by atoms with Crippen LogP contribution in [0, 0.1) is 11.7 Å². The zero-order valence-electron chi connectivity index (χ0n) is 27.2. The third-order valence-electron chi connectivity index (χ3n) is 7.69. The van der Waals surface area contributed by atoms with Crippen LogP contribution in [0.5, 0.6) is 5.75 Å². The smallest absolute Gasteiger partial charge is 1.00 e. The number of hydrogen-bond acceptors (Lipinski definition) is 7. The number of anilines is 1. The van der Waals surface area contributed by atoms with Crippen LogP contribution in [-0.2, 0) is 47.4 Å². The Morgan fingerprint density at radius 2 is 1.51 bits per heavy atom. The molecule has 268 valence electrons. The molecule has 51 heavy (non-hydrogen) atoms. The van der Waals surface area contributed by atoms with Crippen LogP contribution in [0.2, 0.25) is 0 Å². The summed E-state index contributed by atoms with van der Waals surface area (Å²) >= 11 is 0. The molecule has 1 fully saturated rings. The molecule has 3 unspecified atom stereocenters. The van der Waals surface area contributed by atoms with E-state index in [2.05, 4.69) is 11.9 Å². The van der Waals surface area contributed by atoms with E-state index in [-0.39, 0.29) is 97.4 Å². The second-order valence-electron chi connectivity index (χ2n) is 10.8. The first kappa shape index (κ1) is 47.4. The van der Waals surface area contributed by atoms with Crippen molar-refractivity contribution in [3.63, 3.8) is 0 Å². The number of halogens is 5. The summed E-state index contributed by atoms with van der Waals surface area (Å²) in [5.74, 6) is -1.75. The number of carbonyl (C=O) groups excluding carboxylic acids is 3. The quantitative estimate of drug-likeness (QED) is 0.0780. The number of esters is 1. The van der Waals surface area contributed by atoms with E-state index in [4.69, 9.17) is 14.2 Å². The summed E-state index contributed by atoms with van der Waals surface area (Å²) in [6.07, 6.45) is 0.830. The Morgan fingerprint density at radius 3 is 2.12 bits per heavy atom. The van der Waals surface area contributed by atoms with Gasteiger partial charge in [-0.1, -0.05) is 85.5 Å². The molecule has 0 spiro atoms. The van der Waals surface area contributed by atoms with Gasteiger partial charge in [-0.05, 0) is 59.5 Å². The van der Waals surface area contributed by atoms with Gasteiger partial charge >= 0.3 is 33.8 Å². The van der Waals surface area contributed by atoms with Crippen molar-refractivity contribution >= 4 is 23.7 Å². The van der Waals surface area contributed by atoms with Crippen LogP contribution in [0.15, 0.2) is 122 Å². The normalized spacial score (nSPS) is 13.9. The molecule has 0 bridgehead atoms. The minimum Gasteiger partial charge on any atom is -1.00 e. The molecule has 1 aliphatic heterocycles. The van der Waals surface area contributed by atoms with E-state index in [1.165, 1.54) is 12.1 Å². The molecule has 4 aromatic carbocycles. The van der Waals surface area contributed by atoms with Gasteiger partial charge in [-0.2, -0.15) is 0 Å². The van der Waals surface area contributed by atoms with Crippen molar-refractivity contribution in [1.82, 2.24) is 4.90 Å². The Balaban J connectivity index is 0.00000500. The number of ether oxygens (including phenoxy) is 3. The zero-order valence-corrected chi connectivity index (χ0v) is 31.8. The number of hydrogen-bond donors (Lipinski definition) is 1. The van der Waals surface area contributed by atoms with Gasteiger partial charge in [-0.25, -0.2) is 14.1 Å². The summed E-state index contributed by atoms with van der Waals surface area (Å²) < 4.78 is 30.4. The van der Waals surface area contributed by atoms with Crippen molar-refractivity contribution in [2.45, 2.75) is 31.5 Å². The summed E-state index contributed by atoms with van der Waals surface area (Å²) in [6.45, 7) is 4.09. The van der Waals surface area contributed by atoms with Gasteiger partial charge in [0.05, 0.1) is 12.0 Å². The fourth-order valence-corrected chi connectivity index (χ4v) is 5.35. The van der Waals surface area contributed by atoms with Crippen LogP contribution in [-0.4, -0.2) is 36.1 Å². The molecule has 2 amide bonds. The SMILES string of the molecule is C=CCOc1ccc(C(Nc2ccc(F)cc2)C(CCC(=O)OCc2ccccc2)C(=O)N2C(=O)OCC2c2ccccc2)cc1.[Cl-].[Cl-].[Cl-].[Cl-].[Ti+4]. The third kappa shape index (κ3) is 13.2. The number of nitrogens with one attached hydrogen (secondary N) is 1. The molecule has 0 aliphatic carbocycles. The summed E-state index contributed by atoms with van der Waals surface area (Å²) in [7, 11) is 0. The molecule has 1 saturated heterocycles. The largest absolute Gasteiger partial charge is 4.00 e. The zero-order chi connectivity index (χ0) is 32.3.